The second kappa shape index (κ2) is 6.36. The number of sulfone groups is 1. The van der Waals surface area contributed by atoms with Crippen LogP contribution in [0.25, 0.3) is 0 Å². The van der Waals surface area contributed by atoms with E-state index in [1.54, 1.807) is 0 Å². The summed E-state index contributed by atoms with van der Waals surface area (Å²) in [6.07, 6.45) is 7.59. The van der Waals surface area contributed by atoms with Gasteiger partial charge in [-0.3, -0.25) is 4.79 Å². The van der Waals surface area contributed by atoms with Crippen LogP contribution in [-0.4, -0.2) is 56.5 Å². The predicted octanol–water partition coefficient (Wildman–Crippen LogP) is 2.01. The number of nitrogens with zero attached hydrogens (tertiary/aromatic N) is 1. The Balaban J connectivity index is 1.71. The molecule has 1 aliphatic heterocycles. The van der Waals surface area contributed by atoms with Gasteiger partial charge in [-0.25, -0.2) is 8.42 Å². The van der Waals surface area contributed by atoms with Gasteiger partial charge in [0.1, 0.15) is 0 Å². The third-order valence-electron chi connectivity index (χ3n) is 6.29. The molecule has 2 saturated carbocycles. The van der Waals surface area contributed by atoms with Crippen molar-refractivity contribution in [1.82, 2.24) is 4.90 Å². The summed E-state index contributed by atoms with van der Waals surface area (Å²) in [4.78, 5) is 14.6. The Morgan fingerprint density at radius 1 is 1.26 bits per heavy atom. The number of hydrogen-bond acceptors (Lipinski definition) is 4. The van der Waals surface area contributed by atoms with Crippen molar-refractivity contribution in [3.63, 3.8) is 0 Å². The van der Waals surface area contributed by atoms with Gasteiger partial charge in [-0.2, -0.15) is 0 Å². The quantitative estimate of drug-likeness (QED) is 0.783. The summed E-state index contributed by atoms with van der Waals surface area (Å²) in [5.41, 5.74) is 0.107. The van der Waals surface area contributed by atoms with Gasteiger partial charge in [0, 0.05) is 25.1 Å². The van der Waals surface area contributed by atoms with Crippen molar-refractivity contribution in [2.45, 2.75) is 64.0 Å². The summed E-state index contributed by atoms with van der Waals surface area (Å²) in [5.74, 6) is -0.118. The molecule has 3 fully saturated rings. The lowest BCUT2D eigenvalue weighted by Crippen LogP contribution is -2.66. The van der Waals surface area contributed by atoms with Crippen LogP contribution in [0.4, 0.5) is 0 Å². The summed E-state index contributed by atoms with van der Waals surface area (Å²) in [6, 6.07) is 0.218. The predicted molar refractivity (Wildman–Crippen MR) is 88.9 cm³/mol. The zero-order valence-corrected chi connectivity index (χ0v) is 15.1. The molecule has 0 bridgehead atoms. The van der Waals surface area contributed by atoms with E-state index in [2.05, 4.69) is 0 Å². The van der Waals surface area contributed by atoms with Gasteiger partial charge in [0.05, 0.1) is 23.5 Å². The first-order valence-electron chi connectivity index (χ1n) is 8.98. The molecule has 3 aliphatic rings. The maximum Gasteiger partial charge on any atom is 0.226 e. The standard InChI is InChI=1S/C17H29NO4S/c1-3-22-15-11-14(17(15)8-5-4-6-9-17)18(2)16(19)13-7-10-23(20,21)12-13/h13-15H,3-12H2,1-2H3/t13-,14+,15+/m0/s1. The Hall–Kier alpha value is -0.620. The Labute approximate surface area is 139 Å². The Morgan fingerprint density at radius 2 is 1.96 bits per heavy atom. The summed E-state index contributed by atoms with van der Waals surface area (Å²) in [7, 11) is -1.14. The molecule has 1 spiro atoms. The van der Waals surface area contributed by atoms with Crippen molar-refractivity contribution < 1.29 is 17.9 Å². The van der Waals surface area contributed by atoms with Crippen LogP contribution in [0.1, 0.15) is 51.9 Å². The van der Waals surface area contributed by atoms with Gasteiger partial charge in [-0.15, -0.1) is 0 Å². The number of amides is 1. The van der Waals surface area contributed by atoms with E-state index in [0.717, 1.165) is 25.9 Å². The van der Waals surface area contributed by atoms with Crippen molar-refractivity contribution in [3.05, 3.63) is 0 Å². The molecule has 0 radical (unpaired) electrons. The molecule has 5 nitrogen and oxygen atoms in total. The van der Waals surface area contributed by atoms with Crippen LogP contribution >= 0.6 is 0 Å². The minimum absolute atomic E-state index is 0.0240. The molecule has 1 heterocycles. The van der Waals surface area contributed by atoms with Gasteiger partial charge in [-0.05, 0) is 32.6 Å². The van der Waals surface area contributed by atoms with E-state index in [9.17, 15) is 13.2 Å². The molecule has 132 valence electrons. The number of carbonyl (C=O) groups is 1. The first-order chi connectivity index (χ1) is 10.9. The van der Waals surface area contributed by atoms with Crippen LogP contribution in [0.15, 0.2) is 0 Å². The highest BCUT2D eigenvalue weighted by molar-refractivity contribution is 7.91. The van der Waals surface area contributed by atoms with Crippen LogP contribution in [0, 0.1) is 11.3 Å². The van der Waals surface area contributed by atoms with Crippen LogP contribution in [0.5, 0.6) is 0 Å². The van der Waals surface area contributed by atoms with Crippen molar-refractivity contribution >= 4 is 15.7 Å². The molecule has 2 aliphatic carbocycles. The monoisotopic (exact) mass is 343 g/mol. The maximum absolute atomic E-state index is 12.8. The van der Waals surface area contributed by atoms with E-state index in [4.69, 9.17) is 4.74 Å². The molecule has 0 aromatic heterocycles. The van der Waals surface area contributed by atoms with Crippen molar-refractivity contribution in [2.24, 2.45) is 11.3 Å². The fourth-order valence-corrected chi connectivity index (χ4v) is 6.73. The number of ether oxygens (including phenoxy) is 1. The molecule has 3 rings (SSSR count). The summed E-state index contributed by atoms with van der Waals surface area (Å²) < 4.78 is 29.3. The molecular formula is C17H29NO4S. The van der Waals surface area contributed by atoms with Gasteiger partial charge < -0.3 is 9.64 Å². The lowest BCUT2D eigenvalue weighted by molar-refractivity contribution is -0.186. The van der Waals surface area contributed by atoms with Crippen LogP contribution in [0.2, 0.25) is 0 Å². The van der Waals surface area contributed by atoms with E-state index in [1.807, 2.05) is 18.9 Å². The second-order valence-electron chi connectivity index (χ2n) is 7.54. The van der Waals surface area contributed by atoms with Crippen LogP contribution in [0.3, 0.4) is 0 Å². The number of hydrogen-bond donors (Lipinski definition) is 0. The zero-order valence-electron chi connectivity index (χ0n) is 14.3. The number of rotatable bonds is 4. The highest BCUT2D eigenvalue weighted by Gasteiger charge is 2.58. The summed E-state index contributed by atoms with van der Waals surface area (Å²) in [5, 5.41) is 0. The highest BCUT2D eigenvalue weighted by Crippen LogP contribution is 2.55. The van der Waals surface area contributed by atoms with Crippen LogP contribution in [-0.2, 0) is 19.4 Å². The van der Waals surface area contributed by atoms with E-state index in [-0.39, 0.29) is 40.9 Å². The molecule has 1 saturated heterocycles. The molecule has 23 heavy (non-hydrogen) atoms. The SMILES string of the molecule is CCO[C@@H]1C[C@@H](N(C)C(=O)[C@H]2CCS(=O)(=O)C2)C12CCCCC2. The van der Waals surface area contributed by atoms with Crippen molar-refractivity contribution in [1.29, 1.82) is 0 Å². The Bertz CT molecular complexity index is 553. The van der Waals surface area contributed by atoms with Gasteiger partial charge in [0.25, 0.3) is 0 Å². The second-order valence-corrected chi connectivity index (χ2v) is 9.77. The normalized spacial score (nSPS) is 35.0. The minimum Gasteiger partial charge on any atom is -0.378 e. The first kappa shape index (κ1) is 17.2. The van der Waals surface area contributed by atoms with E-state index in [0.29, 0.717) is 6.42 Å². The fourth-order valence-electron chi connectivity index (χ4n) is 5.00. The van der Waals surface area contributed by atoms with Crippen molar-refractivity contribution in [3.8, 4) is 0 Å². The highest BCUT2D eigenvalue weighted by atomic mass is 32.2. The lowest BCUT2D eigenvalue weighted by Gasteiger charge is -2.60. The van der Waals surface area contributed by atoms with Crippen LogP contribution < -0.4 is 0 Å². The average molecular weight is 343 g/mol. The van der Waals surface area contributed by atoms with E-state index < -0.39 is 9.84 Å². The van der Waals surface area contributed by atoms with E-state index >= 15 is 0 Å². The smallest absolute Gasteiger partial charge is 0.226 e. The van der Waals surface area contributed by atoms with Gasteiger partial charge >= 0.3 is 0 Å². The van der Waals surface area contributed by atoms with Gasteiger partial charge in [0.2, 0.25) is 5.91 Å². The number of carbonyl (C=O) groups excluding carboxylic acids is 1. The molecule has 0 aromatic carbocycles. The van der Waals surface area contributed by atoms with Gasteiger partial charge in [0.15, 0.2) is 9.84 Å². The first-order valence-corrected chi connectivity index (χ1v) is 10.8. The average Bonchev–Trinajstić information content (AvgIpc) is 2.90. The molecule has 3 atom stereocenters. The van der Waals surface area contributed by atoms with Crippen molar-refractivity contribution in [2.75, 3.05) is 25.2 Å². The molecule has 6 heteroatoms. The van der Waals surface area contributed by atoms with Gasteiger partial charge in [-0.1, -0.05) is 19.3 Å². The molecular weight excluding hydrogens is 314 g/mol. The maximum atomic E-state index is 12.8. The summed E-state index contributed by atoms with van der Waals surface area (Å²) >= 11 is 0. The Kier molecular flexibility index (Phi) is 4.76. The zero-order chi connectivity index (χ0) is 16.7. The topological polar surface area (TPSA) is 63.7 Å². The molecule has 0 N–H and O–H groups in total. The lowest BCUT2D eigenvalue weighted by atomic mass is 9.54. The third kappa shape index (κ3) is 3.04. The van der Waals surface area contributed by atoms with E-state index in [1.165, 1.54) is 19.3 Å². The minimum atomic E-state index is -3.01. The summed E-state index contributed by atoms with van der Waals surface area (Å²) in [6.45, 7) is 2.75. The largest absolute Gasteiger partial charge is 0.378 e. The Morgan fingerprint density at radius 3 is 2.52 bits per heavy atom. The third-order valence-corrected chi connectivity index (χ3v) is 8.06. The molecule has 0 unspecified atom stereocenters. The molecule has 1 amide bonds. The molecule has 0 aromatic rings. The fraction of sp³-hybridized carbons (Fsp3) is 0.941.